The number of nitro groups is 1. The molecule has 0 fully saturated rings. The number of carbonyl (C=O) groups is 1. The SMILES string of the molecule is CC(=O)N[C@H]([C@@H](O)[C@@H](O)C[N+](=O)[O-])[C@@H](O)[C@H](O)[C@H](O)CO. The quantitative estimate of drug-likeness (QED) is 0.162. The number of amides is 1. The van der Waals surface area contributed by atoms with Gasteiger partial charge in [-0.05, 0) is 0 Å². The molecule has 0 saturated heterocycles. The van der Waals surface area contributed by atoms with E-state index in [9.17, 15) is 40.4 Å². The molecule has 6 atom stereocenters. The molecule has 0 spiro atoms. The van der Waals surface area contributed by atoms with E-state index in [1.165, 1.54) is 0 Å². The van der Waals surface area contributed by atoms with Crippen molar-refractivity contribution in [2.75, 3.05) is 13.2 Å². The predicted octanol–water partition coefficient (Wildman–Crippen LogP) is -4.44. The van der Waals surface area contributed by atoms with Crippen molar-refractivity contribution in [1.29, 1.82) is 0 Å². The first-order chi connectivity index (χ1) is 9.61. The summed E-state index contributed by atoms with van der Waals surface area (Å²) in [5, 5.41) is 68.8. The van der Waals surface area contributed by atoms with Gasteiger partial charge in [-0.1, -0.05) is 0 Å². The van der Waals surface area contributed by atoms with Gasteiger partial charge in [-0.2, -0.15) is 0 Å². The van der Waals surface area contributed by atoms with Crippen LogP contribution in [-0.2, 0) is 4.79 Å². The molecule has 0 aliphatic carbocycles. The average Bonchev–Trinajstić information content (AvgIpc) is 2.40. The number of nitrogens with one attached hydrogen (secondary N) is 1. The molecule has 0 unspecified atom stereocenters. The zero-order chi connectivity index (χ0) is 16.7. The van der Waals surface area contributed by atoms with Crippen molar-refractivity contribution in [3.8, 4) is 0 Å². The Hall–Kier alpha value is -1.37. The summed E-state index contributed by atoms with van der Waals surface area (Å²) in [6.45, 7) is -0.942. The highest BCUT2D eigenvalue weighted by Crippen LogP contribution is 2.12. The van der Waals surface area contributed by atoms with E-state index in [0.29, 0.717) is 0 Å². The maximum Gasteiger partial charge on any atom is 0.232 e. The van der Waals surface area contributed by atoms with Crippen LogP contribution < -0.4 is 5.32 Å². The molecule has 0 aliphatic heterocycles. The van der Waals surface area contributed by atoms with Crippen molar-refractivity contribution in [3.63, 3.8) is 0 Å². The van der Waals surface area contributed by atoms with Gasteiger partial charge in [0.25, 0.3) is 0 Å². The Labute approximate surface area is 119 Å². The van der Waals surface area contributed by atoms with Gasteiger partial charge in [0, 0.05) is 11.8 Å². The Morgan fingerprint density at radius 1 is 1.10 bits per heavy atom. The Bertz CT molecular complexity index is 353. The molecule has 7 N–H and O–H groups in total. The van der Waals surface area contributed by atoms with Crippen LogP contribution in [-0.4, -0.2) is 91.2 Å². The Morgan fingerprint density at radius 2 is 1.62 bits per heavy atom. The van der Waals surface area contributed by atoms with E-state index in [-0.39, 0.29) is 0 Å². The number of nitrogens with zero attached hydrogens (tertiary/aromatic N) is 1. The first-order valence-corrected chi connectivity index (χ1v) is 6.01. The van der Waals surface area contributed by atoms with Crippen LogP contribution in [0.5, 0.6) is 0 Å². The topological polar surface area (TPSA) is 194 Å². The van der Waals surface area contributed by atoms with Crippen LogP contribution in [0.3, 0.4) is 0 Å². The monoisotopic (exact) mass is 312 g/mol. The van der Waals surface area contributed by atoms with Gasteiger partial charge in [-0.15, -0.1) is 0 Å². The molecule has 0 bridgehead atoms. The first-order valence-electron chi connectivity index (χ1n) is 6.01. The molecule has 0 aliphatic rings. The van der Waals surface area contributed by atoms with Gasteiger partial charge in [0.05, 0.1) is 12.6 Å². The minimum atomic E-state index is -1.98. The zero-order valence-electron chi connectivity index (χ0n) is 11.2. The number of rotatable bonds is 9. The second-order valence-corrected chi connectivity index (χ2v) is 4.53. The molecule has 0 rings (SSSR count). The lowest BCUT2D eigenvalue weighted by atomic mass is 9.94. The summed E-state index contributed by atoms with van der Waals surface area (Å²) in [6, 6.07) is -1.69. The third-order valence-electron chi connectivity index (χ3n) is 2.77. The molecule has 0 aromatic heterocycles. The summed E-state index contributed by atoms with van der Waals surface area (Å²) in [6.07, 6.45) is -9.60. The summed E-state index contributed by atoms with van der Waals surface area (Å²) in [5.74, 6) is -0.753. The number of aliphatic hydroxyl groups is 6. The highest BCUT2D eigenvalue weighted by Gasteiger charge is 2.39. The number of carbonyl (C=O) groups excluding carboxylic acids is 1. The molecule has 124 valence electrons. The molecule has 0 radical (unpaired) electrons. The van der Waals surface area contributed by atoms with Crippen molar-refractivity contribution < 1.29 is 40.4 Å². The smallest absolute Gasteiger partial charge is 0.232 e. The normalized spacial score (nSPS) is 20.0. The van der Waals surface area contributed by atoms with E-state index in [0.717, 1.165) is 6.92 Å². The summed E-state index contributed by atoms with van der Waals surface area (Å²) in [4.78, 5) is 20.4. The fourth-order valence-corrected chi connectivity index (χ4v) is 1.66. The summed E-state index contributed by atoms with van der Waals surface area (Å²) >= 11 is 0. The van der Waals surface area contributed by atoms with Crippen LogP contribution in [0.1, 0.15) is 6.92 Å². The van der Waals surface area contributed by atoms with Crippen molar-refractivity contribution in [2.45, 2.75) is 43.5 Å². The molecule has 11 nitrogen and oxygen atoms in total. The number of hydrogen-bond donors (Lipinski definition) is 7. The average molecular weight is 312 g/mol. The van der Waals surface area contributed by atoms with Crippen molar-refractivity contribution in [2.24, 2.45) is 0 Å². The highest BCUT2D eigenvalue weighted by molar-refractivity contribution is 5.73. The van der Waals surface area contributed by atoms with Crippen LogP contribution in [0.4, 0.5) is 0 Å². The van der Waals surface area contributed by atoms with Gasteiger partial charge in [0.2, 0.25) is 12.5 Å². The van der Waals surface area contributed by atoms with Crippen molar-refractivity contribution in [3.05, 3.63) is 10.1 Å². The van der Waals surface area contributed by atoms with Gasteiger partial charge in [0.1, 0.15) is 30.5 Å². The van der Waals surface area contributed by atoms with E-state index in [4.69, 9.17) is 5.11 Å². The van der Waals surface area contributed by atoms with Crippen LogP contribution in [0.15, 0.2) is 0 Å². The Balaban J connectivity index is 5.08. The Kier molecular flexibility index (Phi) is 8.24. The van der Waals surface area contributed by atoms with E-state index in [1.54, 1.807) is 0 Å². The molecule has 0 heterocycles. The van der Waals surface area contributed by atoms with Gasteiger partial charge in [-0.3, -0.25) is 14.9 Å². The van der Waals surface area contributed by atoms with Gasteiger partial charge < -0.3 is 36.0 Å². The second kappa shape index (κ2) is 8.81. The summed E-state index contributed by atoms with van der Waals surface area (Å²) in [5.41, 5.74) is 0. The molecule has 0 saturated carbocycles. The molecule has 11 heteroatoms. The number of hydrogen-bond acceptors (Lipinski definition) is 9. The lowest BCUT2D eigenvalue weighted by Crippen LogP contribution is -2.60. The third-order valence-corrected chi connectivity index (χ3v) is 2.77. The zero-order valence-corrected chi connectivity index (χ0v) is 11.2. The minimum absolute atomic E-state index is 0.753. The fourth-order valence-electron chi connectivity index (χ4n) is 1.66. The van der Waals surface area contributed by atoms with Gasteiger partial charge in [-0.25, -0.2) is 0 Å². The molecule has 0 aromatic rings. The van der Waals surface area contributed by atoms with Crippen molar-refractivity contribution in [1.82, 2.24) is 5.32 Å². The number of aliphatic hydroxyl groups excluding tert-OH is 6. The van der Waals surface area contributed by atoms with Crippen LogP contribution in [0.25, 0.3) is 0 Å². The molecular weight excluding hydrogens is 292 g/mol. The lowest BCUT2D eigenvalue weighted by Gasteiger charge is -2.33. The third kappa shape index (κ3) is 6.29. The summed E-state index contributed by atoms with van der Waals surface area (Å²) in [7, 11) is 0. The van der Waals surface area contributed by atoms with Crippen LogP contribution in [0, 0.1) is 10.1 Å². The fraction of sp³-hybridized carbons (Fsp3) is 0.900. The van der Waals surface area contributed by atoms with E-state index in [2.05, 4.69) is 0 Å². The standard InChI is InChI=1S/C10H20N2O9/c1-4(14)11-7(8(17)5(15)2-12(20)21)10(19)9(18)6(16)3-13/h5-10,13,15-19H,2-3H2,1H3,(H,11,14)/t5-,6+,7+,8-,9+,10+/m0/s1. The molecule has 0 aromatic carbocycles. The predicted molar refractivity (Wildman–Crippen MR) is 66.6 cm³/mol. The lowest BCUT2D eigenvalue weighted by molar-refractivity contribution is -0.493. The second-order valence-electron chi connectivity index (χ2n) is 4.53. The van der Waals surface area contributed by atoms with E-state index >= 15 is 0 Å². The van der Waals surface area contributed by atoms with Crippen molar-refractivity contribution >= 4 is 5.91 Å². The largest absolute Gasteiger partial charge is 0.394 e. The van der Waals surface area contributed by atoms with Gasteiger partial charge in [0.15, 0.2) is 0 Å². The summed E-state index contributed by atoms with van der Waals surface area (Å²) < 4.78 is 0. The van der Waals surface area contributed by atoms with E-state index < -0.39 is 60.5 Å². The Morgan fingerprint density at radius 3 is 2.00 bits per heavy atom. The van der Waals surface area contributed by atoms with Gasteiger partial charge >= 0.3 is 0 Å². The highest BCUT2D eigenvalue weighted by atomic mass is 16.6. The van der Waals surface area contributed by atoms with E-state index in [1.807, 2.05) is 5.32 Å². The molecule has 21 heavy (non-hydrogen) atoms. The molecular formula is C10H20N2O9. The minimum Gasteiger partial charge on any atom is -0.394 e. The van der Waals surface area contributed by atoms with Crippen LogP contribution >= 0.6 is 0 Å². The van der Waals surface area contributed by atoms with Crippen LogP contribution in [0.2, 0.25) is 0 Å². The molecule has 1 amide bonds. The maximum absolute atomic E-state index is 11.0. The first kappa shape index (κ1) is 19.6. The maximum atomic E-state index is 11.0.